The Morgan fingerprint density at radius 3 is 2.76 bits per heavy atom. The summed E-state index contributed by atoms with van der Waals surface area (Å²) >= 11 is 6.04. The molecule has 2 aromatic rings. The summed E-state index contributed by atoms with van der Waals surface area (Å²) in [6.45, 7) is 2.29. The summed E-state index contributed by atoms with van der Waals surface area (Å²) < 4.78 is 5.54. The summed E-state index contributed by atoms with van der Waals surface area (Å²) in [5.74, 6) is 1.03. The molecule has 88 valence electrons. The van der Waals surface area contributed by atoms with Crippen LogP contribution in [0.1, 0.15) is 11.3 Å². The molecule has 1 aromatic heterocycles. The first-order valence-corrected chi connectivity index (χ1v) is 5.48. The Bertz CT molecular complexity index is 514. The molecule has 2 rings (SSSR count). The standard InChI is InChI=1S/C12H12ClN3O/c1-8-2-3-11(10(13)4-8)17-7-9-5-16-12(14)6-15-9/h2-6H,7H2,1H3,(H2,14,16). The first-order chi connectivity index (χ1) is 8.15. The van der Waals surface area contributed by atoms with Crippen LogP contribution in [0.3, 0.4) is 0 Å². The Balaban J connectivity index is 2.04. The topological polar surface area (TPSA) is 61.0 Å². The maximum atomic E-state index is 6.04. The fraction of sp³-hybridized carbons (Fsp3) is 0.167. The number of hydrogen-bond acceptors (Lipinski definition) is 4. The zero-order chi connectivity index (χ0) is 12.3. The molecule has 0 bridgehead atoms. The van der Waals surface area contributed by atoms with Gasteiger partial charge in [0.2, 0.25) is 0 Å². The minimum atomic E-state index is 0.316. The molecule has 0 amide bonds. The smallest absolute Gasteiger partial charge is 0.141 e. The molecule has 5 heteroatoms. The number of aromatic nitrogens is 2. The Morgan fingerprint density at radius 2 is 2.12 bits per heavy atom. The van der Waals surface area contributed by atoms with Crippen LogP contribution in [0.5, 0.6) is 5.75 Å². The molecule has 0 aliphatic rings. The number of nitrogen functional groups attached to an aromatic ring is 1. The molecule has 0 saturated carbocycles. The van der Waals surface area contributed by atoms with Gasteiger partial charge in [0.15, 0.2) is 0 Å². The minimum Gasteiger partial charge on any atom is -0.486 e. The largest absolute Gasteiger partial charge is 0.486 e. The summed E-state index contributed by atoms with van der Waals surface area (Å²) in [4.78, 5) is 8.02. The molecule has 0 atom stereocenters. The van der Waals surface area contributed by atoms with E-state index in [1.165, 1.54) is 6.20 Å². The maximum absolute atomic E-state index is 6.04. The molecule has 0 saturated heterocycles. The summed E-state index contributed by atoms with van der Waals surface area (Å²) in [6, 6.07) is 5.63. The Kier molecular flexibility index (Phi) is 3.44. The molecule has 0 fully saturated rings. The van der Waals surface area contributed by atoms with Gasteiger partial charge >= 0.3 is 0 Å². The SMILES string of the molecule is Cc1ccc(OCc2cnc(N)cn2)c(Cl)c1. The van der Waals surface area contributed by atoms with Crippen LogP contribution in [-0.4, -0.2) is 9.97 Å². The fourth-order valence-electron chi connectivity index (χ4n) is 1.31. The molecule has 0 aliphatic heterocycles. The molecule has 2 N–H and O–H groups in total. The van der Waals surface area contributed by atoms with Gasteiger partial charge in [-0.2, -0.15) is 0 Å². The van der Waals surface area contributed by atoms with Crippen LogP contribution in [0, 0.1) is 6.92 Å². The van der Waals surface area contributed by atoms with Crippen molar-refractivity contribution in [2.75, 3.05) is 5.73 Å². The molecule has 17 heavy (non-hydrogen) atoms. The second-order valence-corrected chi connectivity index (χ2v) is 4.06. The van der Waals surface area contributed by atoms with Gasteiger partial charge in [-0.05, 0) is 24.6 Å². The van der Waals surface area contributed by atoms with E-state index in [0.717, 1.165) is 5.56 Å². The maximum Gasteiger partial charge on any atom is 0.141 e. The third-order valence-corrected chi connectivity index (χ3v) is 2.48. The predicted octanol–water partition coefficient (Wildman–Crippen LogP) is 2.60. The highest BCUT2D eigenvalue weighted by Gasteiger charge is 2.03. The number of anilines is 1. The number of nitrogens with zero attached hydrogens (tertiary/aromatic N) is 2. The number of hydrogen-bond donors (Lipinski definition) is 1. The van der Waals surface area contributed by atoms with E-state index < -0.39 is 0 Å². The van der Waals surface area contributed by atoms with Crippen molar-refractivity contribution in [1.82, 2.24) is 9.97 Å². The highest BCUT2D eigenvalue weighted by atomic mass is 35.5. The average Bonchev–Trinajstić information content (AvgIpc) is 2.30. The van der Waals surface area contributed by atoms with Crippen molar-refractivity contribution >= 4 is 17.4 Å². The molecular weight excluding hydrogens is 238 g/mol. The van der Waals surface area contributed by atoms with Crippen LogP contribution in [0.2, 0.25) is 5.02 Å². The van der Waals surface area contributed by atoms with E-state index in [4.69, 9.17) is 22.1 Å². The molecule has 0 spiro atoms. The van der Waals surface area contributed by atoms with Crippen LogP contribution in [-0.2, 0) is 6.61 Å². The van der Waals surface area contributed by atoms with Gasteiger partial charge < -0.3 is 10.5 Å². The minimum absolute atomic E-state index is 0.316. The third-order valence-electron chi connectivity index (χ3n) is 2.19. The highest BCUT2D eigenvalue weighted by Crippen LogP contribution is 2.25. The van der Waals surface area contributed by atoms with Crippen LogP contribution < -0.4 is 10.5 Å². The van der Waals surface area contributed by atoms with E-state index in [1.54, 1.807) is 6.20 Å². The molecular formula is C12H12ClN3O. The van der Waals surface area contributed by atoms with Crippen LogP contribution in [0.15, 0.2) is 30.6 Å². The number of ether oxygens (including phenoxy) is 1. The average molecular weight is 250 g/mol. The second-order valence-electron chi connectivity index (χ2n) is 3.66. The molecule has 0 radical (unpaired) electrons. The summed E-state index contributed by atoms with van der Waals surface area (Å²) in [6.07, 6.45) is 3.08. The third kappa shape index (κ3) is 3.07. The van der Waals surface area contributed by atoms with Crippen molar-refractivity contribution in [3.63, 3.8) is 0 Å². The van der Waals surface area contributed by atoms with E-state index in [0.29, 0.717) is 28.9 Å². The first-order valence-electron chi connectivity index (χ1n) is 5.10. The fourth-order valence-corrected chi connectivity index (χ4v) is 1.60. The zero-order valence-corrected chi connectivity index (χ0v) is 10.1. The van der Waals surface area contributed by atoms with Crippen molar-refractivity contribution in [2.24, 2.45) is 0 Å². The summed E-state index contributed by atoms with van der Waals surface area (Å²) in [7, 11) is 0. The van der Waals surface area contributed by atoms with Crippen molar-refractivity contribution in [1.29, 1.82) is 0 Å². The first kappa shape index (κ1) is 11.7. The van der Waals surface area contributed by atoms with Crippen molar-refractivity contribution in [3.8, 4) is 5.75 Å². The van der Waals surface area contributed by atoms with Gasteiger partial charge in [-0.1, -0.05) is 17.7 Å². The molecule has 1 aromatic carbocycles. The van der Waals surface area contributed by atoms with Crippen molar-refractivity contribution in [3.05, 3.63) is 46.9 Å². The van der Waals surface area contributed by atoms with Gasteiger partial charge in [-0.25, -0.2) is 4.98 Å². The quantitative estimate of drug-likeness (QED) is 0.908. The molecule has 0 unspecified atom stereocenters. The highest BCUT2D eigenvalue weighted by molar-refractivity contribution is 6.32. The lowest BCUT2D eigenvalue weighted by molar-refractivity contribution is 0.301. The normalized spacial score (nSPS) is 10.2. The van der Waals surface area contributed by atoms with E-state index in [1.807, 2.05) is 25.1 Å². The predicted molar refractivity (Wildman–Crippen MR) is 67.0 cm³/mol. The van der Waals surface area contributed by atoms with E-state index in [9.17, 15) is 0 Å². The van der Waals surface area contributed by atoms with Gasteiger partial charge in [-0.3, -0.25) is 4.98 Å². The Labute approximate surface area is 104 Å². The van der Waals surface area contributed by atoms with E-state index in [2.05, 4.69) is 9.97 Å². The van der Waals surface area contributed by atoms with Crippen molar-refractivity contribution in [2.45, 2.75) is 13.5 Å². The number of nitrogens with two attached hydrogens (primary N) is 1. The zero-order valence-electron chi connectivity index (χ0n) is 9.35. The van der Waals surface area contributed by atoms with Crippen LogP contribution in [0.4, 0.5) is 5.82 Å². The number of benzene rings is 1. The summed E-state index contributed by atoms with van der Waals surface area (Å²) in [5, 5.41) is 0.591. The number of halogens is 1. The van der Waals surface area contributed by atoms with Gasteiger partial charge in [0.25, 0.3) is 0 Å². The van der Waals surface area contributed by atoms with Gasteiger partial charge in [-0.15, -0.1) is 0 Å². The lowest BCUT2D eigenvalue weighted by Gasteiger charge is -2.07. The second kappa shape index (κ2) is 5.01. The van der Waals surface area contributed by atoms with Crippen LogP contribution >= 0.6 is 11.6 Å². The monoisotopic (exact) mass is 249 g/mol. The Morgan fingerprint density at radius 1 is 1.29 bits per heavy atom. The summed E-state index contributed by atoms with van der Waals surface area (Å²) in [5.41, 5.74) is 7.24. The van der Waals surface area contributed by atoms with Gasteiger partial charge in [0, 0.05) is 0 Å². The van der Waals surface area contributed by atoms with Crippen molar-refractivity contribution < 1.29 is 4.74 Å². The van der Waals surface area contributed by atoms with Crippen LogP contribution in [0.25, 0.3) is 0 Å². The molecule has 0 aliphatic carbocycles. The number of rotatable bonds is 3. The molecule has 1 heterocycles. The van der Waals surface area contributed by atoms with E-state index >= 15 is 0 Å². The van der Waals surface area contributed by atoms with E-state index in [-0.39, 0.29) is 0 Å². The molecule has 4 nitrogen and oxygen atoms in total. The Hall–Kier alpha value is -1.81. The van der Waals surface area contributed by atoms with Gasteiger partial charge in [0.1, 0.15) is 18.2 Å². The lowest BCUT2D eigenvalue weighted by Crippen LogP contribution is -2.01. The number of aryl methyl sites for hydroxylation is 1. The lowest BCUT2D eigenvalue weighted by atomic mass is 10.2. The van der Waals surface area contributed by atoms with Gasteiger partial charge in [0.05, 0.1) is 23.1 Å².